The van der Waals surface area contributed by atoms with Crippen LogP contribution in [0.1, 0.15) is 26.3 Å². The van der Waals surface area contributed by atoms with Crippen molar-refractivity contribution in [1.29, 1.82) is 0 Å². The summed E-state index contributed by atoms with van der Waals surface area (Å²) in [6, 6.07) is 4.13. The van der Waals surface area contributed by atoms with Crippen molar-refractivity contribution in [2.24, 2.45) is 0 Å². The average molecular weight is 362 g/mol. The summed E-state index contributed by atoms with van der Waals surface area (Å²) in [4.78, 5) is 25.7. The Morgan fingerprint density at radius 1 is 1.25 bits per heavy atom. The summed E-state index contributed by atoms with van der Waals surface area (Å²) in [5, 5.41) is 2.57. The van der Waals surface area contributed by atoms with Crippen LogP contribution in [0.2, 0.25) is 0 Å². The smallest absolute Gasteiger partial charge is 0.344 e. The average Bonchev–Trinajstić information content (AvgIpc) is 2.51. The van der Waals surface area contributed by atoms with Crippen LogP contribution < -0.4 is 5.32 Å². The molecule has 0 radical (unpaired) electrons. The summed E-state index contributed by atoms with van der Waals surface area (Å²) < 4.78 is 38.2. The molecule has 1 N–H and O–H groups in total. The minimum Gasteiger partial charge on any atom is -0.344 e. The van der Waals surface area contributed by atoms with Gasteiger partial charge in [-0.25, -0.2) is 0 Å². The highest BCUT2D eigenvalue weighted by molar-refractivity contribution is 7.99. The van der Waals surface area contributed by atoms with E-state index < -0.39 is 17.8 Å². The number of thioether (sulfide) groups is 1. The van der Waals surface area contributed by atoms with Gasteiger partial charge in [0.2, 0.25) is 11.8 Å². The molecule has 0 spiro atoms. The fraction of sp³-hybridized carbons (Fsp3) is 0.500. The van der Waals surface area contributed by atoms with E-state index in [1.54, 1.807) is 11.0 Å². The molecule has 1 rings (SSSR count). The van der Waals surface area contributed by atoms with E-state index >= 15 is 0 Å². The third-order valence-corrected chi connectivity index (χ3v) is 4.42. The number of nitrogens with zero attached hydrogens (tertiary/aromatic N) is 1. The highest BCUT2D eigenvalue weighted by Gasteiger charge is 2.30. The molecule has 0 saturated carbocycles. The molecule has 0 aliphatic heterocycles. The molecule has 1 aromatic rings. The molecule has 0 aliphatic carbocycles. The lowest BCUT2D eigenvalue weighted by Crippen LogP contribution is -2.49. The van der Waals surface area contributed by atoms with Crippen LogP contribution in [-0.2, 0) is 15.8 Å². The second-order valence-electron chi connectivity index (χ2n) is 5.10. The van der Waals surface area contributed by atoms with Crippen LogP contribution in [0.5, 0.6) is 0 Å². The van der Waals surface area contributed by atoms with Gasteiger partial charge in [0.25, 0.3) is 0 Å². The third kappa shape index (κ3) is 6.07. The zero-order valence-corrected chi connectivity index (χ0v) is 14.6. The van der Waals surface area contributed by atoms with Gasteiger partial charge in [0.1, 0.15) is 6.04 Å². The molecular formula is C16H21F3N2O2S. The van der Waals surface area contributed by atoms with Crippen molar-refractivity contribution in [3.63, 3.8) is 0 Å². The van der Waals surface area contributed by atoms with Gasteiger partial charge in [-0.05, 0) is 32.0 Å². The van der Waals surface area contributed by atoms with Gasteiger partial charge in [-0.15, -0.1) is 11.8 Å². The number of likely N-dealkylation sites (N-methyl/N-ethyl adjacent to an activating group) is 1. The van der Waals surface area contributed by atoms with Crippen molar-refractivity contribution in [3.8, 4) is 0 Å². The number of alkyl halides is 3. The quantitative estimate of drug-likeness (QED) is 0.758. The van der Waals surface area contributed by atoms with Gasteiger partial charge in [-0.3, -0.25) is 9.59 Å². The number of rotatable bonds is 7. The maximum Gasteiger partial charge on any atom is 0.416 e. The van der Waals surface area contributed by atoms with Crippen LogP contribution >= 0.6 is 11.8 Å². The number of nitrogens with one attached hydrogen (secondary N) is 1. The molecule has 1 atom stereocenters. The highest BCUT2D eigenvalue weighted by atomic mass is 32.2. The van der Waals surface area contributed by atoms with Gasteiger partial charge in [-0.1, -0.05) is 6.07 Å². The van der Waals surface area contributed by atoms with E-state index in [1.807, 2.05) is 13.8 Å². The van der Waals surface area contributed by atoms with Crippen LogP contribution in [0.4, 0.5) is 13.2 Å². The van der Waals surface area contributed by atoms with Crippen LogP contribution in [0.3, 0.4) is 0 Å². The fourth-order valence-corrected chi connectivity index (χ4v) is 3.09. The lowest BCUT2D eigenvalue weighted by molar-refractivity contribution is -0.137. The Kier molecular flexibility index (Phi) is 7.59. The van der Waals surface area contributed by atoms with Crippen LogP contribution in [0.15, 0.2) is 29.2 Å². The number of hydrogen-bond donors (Lipinski definition) is 1. The number of benzene rings is 1. The highest BCUT2D eigenvalue weighted by Crippen LogP contribution is 2.32. The third-order valence-electron chi connectivity index (χ3n) is 3.33. The Labute approximate surface area is 143 Å². The lowest BCUT2D eigenvalue weighted by Gasteiger charge is -2.25. The summed E-state index contributed by atoms with van der Waals surface area (Å²) in [6.07, 6.45) is -4.41. The first kappa shape index (κ1) is 20.3. The molecule has 1 unspecified atom stereocenters. The Bertz CT molecular complexity index is 575. The molecule has 24 heavy (non-hydrogen) atoms. The Morgan fingerprint density at radius 2 is 1.88 bits per heavy atom. The molecule has 0 aromatic heterocycles. The van der Waals surface area contributed by atoms with Gasteiger partial charge >= 0.3 is 6.18 Å². The van der Waals surface area contributed by atoms with Crippen LogP contribution in [-0.4, -0.2) is 41.6 Å². The fourth-order valence-electron chi connectivity index (χ4n) is 2.12. The van der Waals surface area contributed by atoms with Gasteiger partial charge in [0, 0.05) is 30.7 Å². The Morgan fingerprint density at radius 3 is 2.38 bits per heavy atom. The number of carbonyl (C=O) groups is 2. The molecule has 8 heteroatoms. The normalized spacial score (nSPS) is 12.6. The lowest BCUT2D eigenvalue weighted by atomic mass is 10.2. The minimum atomic E-state index is -4.41. The first-order valence-corrected chi connectivity index (χ1v) is 8.53. The second-order valence-corrected chi connectivity index (χ2v) is 6.19. The molecule has 0 saturated heterocycles. The van der Waals surface area contributed by atoms with E-state index in [0.717, 1.165) is 23.9 Å². The van der Waals surface area contributed by atoms with Gasteiger partial charge in [0.05, 0.1) is 5.56 Å². The molecule has 134 valence electrons. The van der Waals surface area contributed by atoms with Crippen molar-refractivity contribution < 1.29 is 22.8 Å². The van der Waals surface area contributed by atoms with Crippen molar-refractivity contribution in [2.45, 2.75) is 37.9 Å². The molecule has 2 amide bonds. The summed E-state index contributed by atoms with van der Waals surface area (Å²) >= 11 is 1.11. The number of carbonyl (C=O) groups excluding carboxylic acids is 2. The Hall–Kier alpha value is -1.70. The molecule has 0 fully saturated rings. The van der Waals surface area contributed by atoms with E-state index in [4.69, 9.17) is 0 Å². The van der Waals surface area contributed by atoms with Crippen LogP contribution in [0.25, 0.3) is 0 Å². The maximum atomic E-state index is 12.7. The van der Waals surface area contributed by atoms with E-state index in [-0.39, 0.29) is 17.6 Å². The SMILES string of the molecule is CCN(CC)C(=O)C(CSc1cccc(C(F)(F)F)c1)NC(C)=O. The molecule has 1 aromatic carbocycles. The van der Waals surface area contributed by atoms with E-state index in [2.05, 4.69) is 5.32 Å². The predicted molar refractivity (Wildman–Crippen MR) is 87.7 cm³/mol. The summed E-state index contributed by atoms with van der Waals surface area (Å²) in [5.41, 5.74) is -0.737. The van der Waals surface area contributed by atoms with Crippen LogP contribution in [0, 0.1) is 0 Å². The molecule has 0 heterocycles. The molecular weight excluding hydrogens is 341 g/mol. The maximum absolute atomic E-state index is 12.7. The van der Waals surface area contributed by atoms with Crippen molar-refractivity contribution in [2.75, 3.05) is 18.8 Å². The van der Waals surface area contributed by atoms with E-state index in [1.165, 1.54) is 13.0 Å². The number of hydrogen-bond acceptors (Lipinski definition) is 3. The monoisotopic (exact) mass is 362 g/mol. The van der Waals surface area contributed by atoms with Crippen molar-refractivity contribution in [1.82, 2.24) is 10.2 Å². The summed E-state index contributed by atoms with van der Waals surface area (Å²) in [5.74, 6) is -0.434. The predicted octanol–water partition coefficient (Wildman–Crippen LogP) is 3.17. The number of amides is 2. The zero-order chi connectivity index (χ0) is 18.3. The zero-order valence-electron chi connectivity index (χ0n) is 13.8. The van der Waals surface area contributed by atoms with Gasteiger partial charge < -0.3 is 10.2 Å². The summed E-state index contributed by atoms with van der Waals surface area (Å²) in [7, 11) is 0. The topological polar surface area (TPSA) is 49.4 Å². The Balaban J connectivity index is 2.85. The molecule has 0 aliphatic rings. The van der Waals surface area contributed by atoms with Gasteiger partial charge in [0.15, 0.2) is 0 Å². The molecule has 4 nitrogen and oxygen atoms in total. The van der Waals surface area contributed by atoms with E-state index in [0.29, 0.717) is 18.0 Å². The van der Waals surface area contributed by atoms with E-state index in [9.17, 15) is 22.8 Å². The largest absolute Gasteiger partial charge is 0.416 e. The summed E-state index contributed by atoms with van der Waals surface area (Å²) in [6.45, 7) is 5.95. The standard InChI is InChI=1S/C16H21F3N2O2S/c1-4-21(5-2)15(23)14(20-11(3)22)10-24-13-8-6-7-12(9-13)16(17,18)19/h6-9,14H,4-5,10H2,1-3H3,(H,20,22). The van der Waals surface area contributed by atoms with Gasteiger partial charge in [-0.2, -0.15) is 13.2 Å². The van der Waals surface area contributed by atoms with Crippen molar-refractivity contribution in [3.05, 3.63) is 29.8 Å². The first-order chi connectivity index (χ1) is 11.2. The second kappa shape index (κ2) is 8.96. The minimum absolute atomic E-state index is 0.163. The number of halogens is 3. The van der Waals surface area contributed by atoms with Crippen molar-refractivity contribution >= 4 is 23.6 Å². The molecule has 0 bridgehead atoms. The first-order valence-electron chi connectivity index (χ1n) is 7.55.